The quantitative estimate of drug-likeness (QED) is 0.531. The fourth-order valence-electron chi connectivity index (χ4n) is 3.92. The third-order valence-corrected chi connectivity index (χ3v) is 5.82. The number of hydrogen-bond donors (Lipinski definition) is 1. The Morgan fingerprint density at radius 3 is 2.17 bits per heavy atom. The van der Waals surface area contributed by atoms with E-state index in [1.807, 2.05) is 53.4 Å². The lowest BCUT2D eigenvalue weighted by atomic mass is 10.0. The van der Waals surface area contributed by atoms with Crippen LogP contribution in [0.4, 0.5) is 4.79 Å². The highest BCUT2D eigenvalue weighted by molar-refractivity contribution is 5.77. The molecule has 1 aliphatic heterocycles. The summed E-state index contributed by atoms with van der Waals surface area (Å²) in [5, 5.41) is 11.6. The van der Waals surface area contributed by atoms with Crippen LogP contribution in [-0.4, -0.2) is 73.3 Å². The zero-order valence-electron chi connectivity index (χ0n) is 21.5. The maximum absolute atomic E-state index is 12.4. The minimum atomic E-state index is -0.548. The summed E-state index contributed by atoms with van der Waals surface area (Å²) in [6, 6.07) is 17.6. The van der Waals surface area contributed by atoms with Crippen molar-refractivity contribution >= 4 is 12.0 Å². The van der Waals surface area contributed by atoms with E-state index in [0.29, 0.717) is 25.3 Å². The number of nitrogens with one attached hydrogen (secondary N) is 1. The molecular formula is C28H36N4O4. The van der Waals surface area contributed by atoms with Gasteiger partial charge in [0, 0.05) is 45.7 Å². The largest absolute Gasteiger partial charge is 0.494 e. The first-order valence-electron chi connectivity index (χ1n) is 12.4. The first-order chi connectivity index (χ1) is 17.2. The first kappa shape index (κ1) is 27.0. The van der Waals surface area contributed by atoms with Gasteiger partial charge in [-0.2, -0.15) is 5.26 Å². The van der Waals surface area contributed by atoms with Crippen molar-refractivity contribution in [2.45, 2.75) is 39.2 Å². The van der Waals surface area contributed by atoms with E-state index in [1.165, 1.54) is 0 Å². The Bertz CT molecular complexity index is 1030. The van der Waals surface area contributed by atoms with Gasteiger partial charge in [0.2, 0.25) is 5.91 Å². The number of amides is 2. The van der Waals surface area contributed by atoms with Crippen LogP contribution >= 0.6 is 0 Å². The maximum Gasteiger partial charge on any atom is 0.407 e. The Balaban J connectivity index is 1.29. The van der Waals surface area contributed by atoms with E-state index < -0.39 is 11.7 Å². The molecule has 0 spiro atoms. The lowest BCUT2D eigenvalue weighted by Crippen LogP contribution is -2.49. The third-order valence-electron chi connectivity index (χ3n) is 5.82. The fourth-order valence-corrected chi connectivity index (χ4v) is 3.92. The van der Waals surface area contributed by atoms with Gasteiger partial charge in [0.25, 0.3) is 0 Å². The summed E-state index contributed by atoms with van der Waals surface area (Å²) >= 11 is 0. The Hall–Kier alpha value is -3.57. The summed E-state index contributed by atoms with van der Waals surface area (Å²) in [4.78, 5) is 28.3. The molecular weight excluding hydrogens is 456 g/mol. The zero-order valence-corrected chi connectivity index (χ0v) is 21.5. The molecule has 1 N–H and O–H groups in total. The number of piperazine rings is 1. The molecule has 2 amide bonds. The second kappa shape index (κ2) is 12.9. The van der Waals surface area contributed by atoms with E-state index in [1.54, 1.807) is 20.8 Å². The normalized spacial score (nSPS) is 14.1. The molecule has 1 aliphatic rings. The molecule has 8 nitrogen and oxygen atoms in total. The number of carbonyl (C=O) groups excluding carboxylic acids is 2. The molecule has 0 unspecified atom stereocenters. The monoisotopic (exact) mass is 492 g/mol. The Morgan fingerprint density at radius 2 is 1.58 bits per heavy atom. The van der Waals surface area contributed by atoms with Crippen molar-refractivity contribution in [3.8, 4) is 22.9 Å². The molecule has 0 aliphatic carbocycles. The van der Waals surface area contributed by atoms with Gasteiger partial charge in [-0.05, 0) is 62.6 Å². The number of carbonyl (C=O) groups is 2. The average molecular weight is 493 g/mol. The molecule has 192 valence electrons. The smallest absolute Gasteiger partial charge is 0.407 e. The number of nitrogens with zero attached hydrogens (tertiary/aromatic N) is 3. The van der Waals surface area contributed by atoms with Crippen molar-refractivity contribution in [1.82, 2.24) is 15.1 Å². The van der Waals surface area contributed by atoms with Gasteiger partial charge in [-0.1, -0.05) is 24.3 Å². The van der Waals surface area contributed by atoms with E-state index in [2.05, 4.69) is 16.3 Å². The SMILES string of the molecule is CC(C)(C)OC(=O)NCCC(=O)N1CCN(CCCOc2ccc(-c3ccc(C#N)cc3)cc2)CC1. The first-order valence-corrected chi connectivity index (χ1v) is 12.4. The standard InChI is InChI=1S/C28H36N4O4/c1-28(2,3)36-27(34)30-14-13-26(33)32-18-16-31(17-19-32)15-4-20-35-25-11-9-24(10-12-25)23-7-5-22(21-29)6-8-23/h5-12H,4,13-20H2,1-3H3,(H,30,34). The van der Waals surface area contributed by atoms with Crippen molar-refractivity contribution in [3.63, 3.8) is 0 Å². The van der Waals surface area contributed by atoms with E-state index in [4.69, 9.17) is 14.7 Å². The maximum atomic E-state index is 12.4. The number of benzene rings is 2. The average Bonchev–Trinajstić information content (AvgIpc) is 2.86. The van der Waals surface area contributed by atoms with Crippen LogP contribution in [0.15, 0.2) is 48.5 Å². The molecule has 2 aromatic rings. The Labute approximate surface area is 213 Å². The van der Waals surface area contributed by atoms with Gasteiger partial charge >= 0.3 is 6.09 Å². The van der Waals surface area contributed by atoms with Gasteiger partial charge in [0.05, 0.1) is 18.2 Å². The summed E-state index contributed by atoms with van der Waals surface area (Å²) in [5.41, 5.74) is 2.25. The van der Waals surface area contributed by atoms with Gasteiger partial charge < -0.3 is 19.7 Å². The van der Waals surface area contributed by atoms with E-state index in [9.17, 15) is 9.59 Å². The minimum absolute atomic E-state index is 0.0542. The number of alkyl carbamates (subject to hydrolysis) is 1. The molecule has 3 rings (SSSR count). The zero-order chi connectivity index (χ0) is 26.0. The molecule has 0 saturated carbocycles. The molecule has 2 aromatic carbocycles. The van der Waals surface area contributed by atoms with Gasteiger partial charge in [0.15, 0.2) is 0 Å². The van der Waals surface area contributed by atoms with Crippen LogP contribution in [0.25, 0.3) is 11.1 Å². The second-order valence-corrected chi connectivity index (χ2v) is 9.82. The third kappa shape index (κ3) is 8.90. The van der Waals surface area contributed by atoms with Crippen LogP contribution in [0.3, 0.4) is 0 Å². The molecule has 0 radical (unpaired) electrons. The lowest BCUT2D eigenvalue weighted by Gasteiger charge is -2.34. The fraction of sp³-hybridized carbons (Fsp3) is 0.464. The van der Waals surface area contributed by atoms with E-state index >= 15 is 0 Å². The van der Waals surface area contributed by atoms with Gasteiger partial charge in [0.1, 0.15) is 11.4 Å². The molecule has 0 bridgehead atoms. The summed E-state index contributed by atoms with van der Waals surface area (Å²) in [6.07, 6.45) is 0.687. The number of rotatable bonds is 9. The summed E-state index contributed by atoms with van der Waals surface area (Å²) in [5.74, 6) is 0.890. The Morgan fingerprint density at radius 1 is 0.972 bits per heavy atom. The number of hydrogen-bond acceptors (Lipinski definition) is 6. The van der Waals surface area contributed by atoms with E-state index in [-0.39, 0.29) is 18.9 Å². The van der Waals surface area contributed by atoms with Crippen LogP contribution in [-0.2, 0) is 9.53 Å². The van der Waals surface area contributed by atoms with Crippen LogP contribution in [0.2, 0.25) is 0 Å². The molecule has 8 heteroatoms. The summed E-state index contributed by atoms with van der Waals surface area (Å²) < 4.78 is 11.1. The highest BCUT2D eigenvalue weighted by atomic mass is 16.6. The number of ether oxygens (including phenoxy) is 2. The number of nitriles is 1. The van der Waals surface area contributed by atoms with Gasteiger partial charge in [-0.25, -0.2) is 4.79 Å². The summed E-state index contributed by atoms with van der Waals surface area (Å²) in [7, 11) is 0. The van der Waals surface area contributed by atoms with Crippen molar-refractivity contribution in [1.29, 1.82) is 5.26 Å². The minimum Gasteiger partial charge on any atom is -0.494 e. The van der Waals surface area contributed by atoms with Crippen LogP contribution in [0.5, 0.6) is 5.75 Å². The van der Waals surface area contributed by atoms with Gasteiger partial charge in [-0.15, -0.1) is 0 Å². The second-order valence-electron chi connectivity index (χ2n) is 9.82. The summed E-state index contributed by atoms with van der Waals surface area (Å²) in [6.45, 7) is 10.3. The molecule has 0 atom stereocenters. The van der Waals surface area contributed by atoms with E-state index in [0.717, 1.165) is 42.9 Å². The molecule has 0 aromatic heterocycles. The predicted molar refractivity (Wildman–Crippen MR) is 139 cm³/mol. The topological polar surface area (TPSA) is 94.9 Å². The van der Waals surface area contributed by atoms with Crippen LogP contribution < -0.4 is 10.1 Å². The van der Waals surface area contributed by atoms with Crippen LogP contribution in [0.1, 0.15) is 39.2 Å². The van der Waals surface area contributed by atoms with Crippen molar-refractivity contribution in [2.75, 3.05) is 45.9 Å². The molecule has 1 heterocycles. The molecule has 1 fully saturated rings. The highest BCUT2D eigenvalue weighted by Crippen LogP contribution is 2.23. The van der Waals surface area contributed by atoms with Gasteiger partial charge in [-0.3, -0.25) is 9.69 Å². The lowest BCUT2D eigenvalue weighted by molar-refractivity contribution is -0.132. The highest BCUT2D eigenvalue weighted by Gasteiger charge is 2.21. The molecule has 36 heavy (non-hydrogen) atoms. The van der Waals surface area contributed by atoms with Crippen LogP contribution in [0, 0.1) is 11.3 Å². The molecule has 1 saturated heterocycles. The Kier molecular flexibility index (Phi) is 9.71. The van der Waals surface area contributed by atoms with Crippen molar-refractivity contribution < 1.29 is 19.1 Å². The van der Waals surface area contributed by atoms with Crippen molar-refractivity contribution in [2.24, 2.45) is 0 Å². The predicted octanol–water partition coefficient (Wildman–Crippen LogP) is 4.05. The van der Waals surface area contributed by atoms with Crippen molar-refractivity contribution in [3.05, 3.63) is 54.1 Å².